The molecule has 1 atom stereocenters. The number of aliphatic hydroxyl groups excluding tert-OH is 1. The second-order valence-corrected chi connectivity index (χ2v) is 2.96. The highest BCUT2D eigenvalue weighted by molar-refractivity contribution is 5.38. The zero-order chi connectivity index (χ0) is 9.42. The highest BCUT2D eigenvalue weighted by Crippen LogP contribution is 2.34. The van der Waals surface area contributed by atoms with Crippen molar-refractivity contribution in [3.8, 4) is 5.75 Å². The predicted octanol–water partition coefficient (Wildman–Crippen LogP) is 1.78. The third-order valence-electron chi connectivity index (χ3n) is 2.03. The molecule has 1 heterocycles. The van der Waals surface area contributed by atoms with Crippen LogP contribution in [0.1, 0.15) is 18.1 Å². The lowest BCUT2D eigenvalue weighted by molar-refractivity contribution is 0.111. The van der Waals surface area contributed by atoms with Crippen LogP contribution < -0.4 is 4.74 Å². The predicted molar refractivity (Wildman–Crippen MR) is 41.4 cm³/mol. The molecule has 1 aliphatic heterocycles. The summed E-state index contributed by atoms with van der Waals surface area (Å²) in [5.41, 5.74) is 0.198. The van der Waals surface area contributed by atoms with Gasteiger partial charge in [-0.3, -0.25) is 0 Å². The first-order valence-electron chi connectivity index (χ1n) is 3.98. The van der Waals surface area contributed by atoms with Gasteiger partial charge in [0.25, 0.3) is 0 Å². The van der Waals surface area contributed by atoms with Crippen LogP contribution in [-0.2, 0) is 0 Å². The van der Waals surface area contributed by atoms with E-state index >= 15 is 0 Å². The van der Waals surface area contributed by atoms with Gasteiger partial charge in [-0.05, 0) is 6.07 Å². The Morgan fingerprint density at radius 3 is 2.92 bits per heavy atom. The summed E-state index contributed by atoms with van der Waals surface area (Å²) >= 11 is 0. The van der Waals surface area contributed by atoms with Crippen LogP contribution in [0.15, 0.2) is 12.1 Å². The molecule has 0 spiro atoms. The quantitative estimate of drug-likeness (QED) is 0.669. The molecular weight excluding hydrogens is 178 g/mol. The maximum absolute atomic E-state index is 13.0. The van der Waals surface area contributed by atoms with Crippen molar-refractivity contribution in [1.82, 2.24) is 0 Å². The molecule has 1 N–H and O–H groups in total. The summed E-state index contributed by atoms with van der Waals surface area (Å²) in [6, 6.07) is 1.85. The summed E-state index contributed by atoms with van der Waals surface area (Å²) < 4.78 is 30.7. The lowest BCUT2D eigenvalue weighted by Crippen LogP contribution is -2.15. The molecule has 2 nitrogen and oxygen atoms in total. The molecule has 0 saturated carbocycles. The highest BCUT2D eigenvalue weighted by Gasteiger charge is 2.23. The molecule has 0 saturated heterocycles. The molecule has 0 aromatic heterocycles. The van der Waals surface area contributed by atoms with Crippen molar-refractivity contribution in [2.24, 2.45) is 0 Å². The molecule has 1 aromatic rings. The SMILES string of the molecule is O[C@H]1CCOc2c(F)cc(F)cc21. The van der Waals surface area contributed by atoms with Crippen molar-refractivity contribution in [2.45, 2.75) is 12.5 Å². The lowest BCUT2D eigenvalue weighted by atomic mass is 10.0. The monoisotopic (exact) mass is 186 g/mol. The van der Waals surface area contributed by atoms with Crippen LogP contribution in [0.5, 0.6) is 5.75 Å². The number of rotatable bonds is 0. The summed E-state index contributed by atoms with van der Waals surface area (Å²) in [7, 11) is 0. The van der Waals surface area contributed by atoms with Gasteiger partial charge >= 0.3 is 0 Å². The molecule has 0 radical (unpaired) electrons. The van der Waals surface area contributed by atoms with Gasteiger partial charge in [-0.15, -0.1) is 0 Å². The number of fused-ring (bicyclic) bond motifs is 1. The van der Waals surface area contributed by atoms with Crippen molar-refractivity contribution in [3.05, 3.63) is 29.3 Å². The standard InChI is InChI=1S/C9H8F2O2/c10-5-3-6-8(12)1-2-13-9(6)7(11)4-5/h3-4,8,12H,1-2H2/t8-/m0/s1. The van der Waals surface area contributed by atoms with Gasteiger partial charge in [0.05, 0.1) is 12.7 Å². The molecule has 4 heteroatoms. The van der Waals surface area contributed by atoms with Gasteiger partial charge in [-0.2, -0.15) is 0 Å². The largest absolute Gasteiger partial charge is 0.490 e. The molecule has 0 fully saturated rings. The van der Waals surface area contributed by atoms with E-state index in [-0.39, 0.29) is 17.9 Å². The Morgan fingerprint density at radius 1 is 1.38 bits per heavy atom. The maximum Gasteiger partial charge on any atom is 0.168 e. The van der Waals surface area contributed by atoms with Crippen LogP contribution in [0.3, 0.4) is 0 Å². The topological polar surface area (TPSA) is 29.5 Å². The third kappa shape index (κ3) is 1.37. The van der Waals surface area contributed by atoms with Gasteiger partial charge in [-0.1, -0.05) is 0 Å². The first-order chi connectivity index (χ1) is 6.18. The van der Waals surface area contributed by atoms with E-state index in [1.54, 1.807) is 0 Å². The van der Waals surface area contributed by atoms with Crippen molar-refractivity contribution >= 4 is 0 Å². The minimum Gasteiger partial charge on any atom is -0.490 e. The fourth-order valence-corrected chi connectivity index (χ4v) is 1.41. The summed E-state index contributed by atoms with van der Waals surface area (Å²) in [6.45, 7) is 0.261. The normalized spacial score (nSPS) is 20.7. The Morgan fingerprint density at radius 2 is 2.15 bits per heavy atom. The third-order valence-corrected chi connectivity index (χ3v) is 2.03. The van der Waals surface area contributed by atoms with Crippen molar-refractivity contribution in [2.75, 3.05) is 6.61 Å². The number of benzene rings is 1. The van der Waals surface area contributed by atoms with Crippen LogP contribution in [0.25, 0.3) is 0 Å². The van der Waals surface area contributed by atoms with Gasteiger partial charge in [-0.25, -0.2) is 8.78 Å². The second-order valence-electron chi connectivity index (χ2n) is 2.96. The fourth-order valence-electron chi connectivity index (χ4n) is 1.41. The number of hydrogen-bond acceptors (Lipinski definition) is 2. The average Bonchev–Trinajstić information content (AvgIpc) is 2.07. The molecule has 70 valence electrons. The number of halogens is 2. The molecule has 0 unspecified atom stereocenters. The Hall–Kier alpha value is -1.16. The van der Waals surface area contributed by atoms with Gasteiger partial charge in [0.15, 0.2) is 11.6 Å². The Kier molecular flexibility index (Phi) is 1.92. The number of ether oxygens (including phenoxy) is 1. The highest BCUT2D eigenvalue weighted by atomic mass is 19.1. The first-order valence-corrected chi connectivity index (χ1v) is 3.98. The maximum atomic E-state index is 13.0. The van der Waals surface area contributed by atoms with Crippen LogP contribution in [-0.4, -0.2) is 11.7 Å². The molecule has 1 aliphatic rings. The molecule has 2 rings (SSSR count). The van der Waals surface area contributed by atoms with Crippen LogP contribution >= 0.6 is 0 Å². The summed E-state index contributed by atoms with van der Waals surface area (Å²) in [5, 5.41) is 9.40. The van der Waals surface area contributed by atoms with E-state index < -0.39 is 17.7 Å². The summed E-state index contributed by atoms with van der Waals surface area (Å²) in [4.78, 5) is 0. The van der Waals surface area contributed by atoms with Gasteiger partial charge in [0.1, 0.15) is 5.82 Å². The molecule has 0 aliphatic carbocycles. The molecular formula is C9H8F2O2. The lowest BCUT2D eigenvalue weighted by Gasteiger charge is -2.22. The van der Waals surface area contributed by atoms with Crippen LogP contribution in [0, 0.1) is 11.6 Å². The van der Waals surface area contributed by atoms with Gasteiger partial charge in [0, 0.05) is 18.1 Å². The molecule has 0 amide bonds. The van der Waals surface area contributed by atoms with Gasteiger partial charge in [0.2, 0.25) is 0 Å². The Labute approximate surface area is 73.8 Å². The molecule has 0 bridgehead atoms. The Balaban J connectivity index is 2.56. The fraction of sp³-hybridized carbons (Fsp3) is 0.333. The smallest absolute Gasteiger partial charge is 0.168 e. The van der Waals surface area contributed by atoms with E-state index in [4.69, 9.17) is 4.74 Å². The second kappa shape index (κ2) is 2.96. The average molecular weight is 186 g/mol. The number of aliphatic hydroxyl groups is 1. The molecule has 1 aromatic carbocycles. The van der Waals surface area contributed by atoms with E-state index in [0.29, 0.717) is 6.42 Å². The van der Waals surface area contributed by atoms with E-state index in [2.05, 4.69) is 0 Å². The van der Waals surface area contributed by atoms with Crippen LogP contribution in [0.2, 0.25) is 0 Å². The number of hydrogen-bond donors (Lipinski definition) is 1. The van der Waals surface area contributed by atoms with Crippen molar-refractivity contribution in [1.29, 1.82) is 0 Å². The van der Waals surface area contributed by atoms with E-state index in [1.807, 2.05) is 0 Å². The first kappa shape index (κ1) is 8.44. The van der Waals surface area contributed by atoms with Gasteiger partial charge < -0.3 is 9.84 Å². The minimum absolute atomic E-state index is 0.0276. The van der Waals surface area contributed by atoms with E-state index in [1.165, 1.54) is 0 Å². The van der Waals surface area contributed by atoms with Crippen LogP contribution in [0.4, 0.5) is 8.78 Å². The zero-order valence-electron chi connectivity index (χ0n) is 6.76. The minimum atomic E-state index is -0.825. The van der Waals surface area contributed by atoms with Crippen molar-refractivity contribution in [3.63, 3.8) is 0 Å². The summed E-state index contributed by atoms with van der Waals surface area (Å²) in [6.07, 6.45) is -0.454. The Bertz CT molecular complexity index is 339. The molecule has 13 heavy (non-hydrogen) atoms. The van der Waals surface area contributed by atoms with E-state index in [9.17, 15) is 13.9 Å². The summed E-state index contributed by atoms with van der Waals surface area (Å²) in [5.74, 6) is -1.48. The zero-order valence-corrected chi connectivity index (χ0v) is 6.76. The van der Waals surface area contributed by atoms with E-state index in [0.717, 1.165) is 12.1 Å². The van der Waals surface area contributed by atoms with Crippen molar-refractivity contribution < 1.29 is 18.6 Å².